The zero-order valence-corrected chi connectivity index (χ0v) is 14.3. The Morgan fingerprint density at radius 2 is 1.83 bits per heavy atom. The Kier molecular flexibility index (Phi) is 3.74. The van der Waals surface area contributed by atoms with Gasteiger partial charge in [0.2, 0.25) is 0 Å². The van der Waals surface area contributed by atoms with E-state index in [0.717, 1.165) is 13.0 Å². The molecule has 0 aromatic heterocycles. The van der Waals surface area contributed by atoms with E-state index in [9.17, 15) is 0 Å². The molecular formula is C21H26N2. The van der Waals surface area contributed by atoms with Gasteiger partial charge < -0.3 is 10.2 Å². The largest absolute Gasteiger partial charge is 0.308 e. The van der Waals surface area contributed by atoms with Crippen LogP contribution in [-0.2, 0) is 6.42 Å². The van der Waals surface area contributed by atoms with Gasteiger partial charge in [0.1, 0.15) is 0 Å². The lowest BCUT2D eigenvalue weighted by Crippen LogP contribution is -2.34. The molecule has 0 bridgehead atoms. The number of rotatable bonds is 2. The monoisotopic (exact) mass is 306 g/mol. The van der Waals surface area contributed by atoms with Gasteiger partial charge in [-0.2, -0.15) is 0 Å². The maximum atomic E-state index is 3.95. The summed E-state index contributed by atoms with van der Waals surface area (Å²) in [6.07, 6.45) is 2.30. The predicted molar refractivity (Wildman–Crippen MR) is 96.0 cm³/mol. The van der Waals surface area contributed by atoms with Crippen molar-refractivity contribution in [1.29, 1.82) is 0 Å². The van der Waals surface area contributed by atoms with Gasteiger partial charge in [0.25, 0.3) is 0 Å². The number of aryl methyl sites for hydroxylation is 1. The Hall–Kier alpha value is -1.64. The Labute approximate surface area is 139 Å². The first-order chi connectivity index (χ1) is 11.1. The predicted octanol–water partition coefficient (Wildman–Crippen LogP) is 3.65. The van der Waals surface area contributed by atoms with Crippen LogP contribution in [0.3, 0.4) is 0 Å². The summed E-state index contributed by atoms with van der Waals surface area (Å²) in [6.45, 7) is 3.32. The van der Waals surface area contributed by atoms with Crippen LogP contribution >= 0.6 is 0 Å². The molecule has 120 valence electrons. The van der Waals surface area contributed by atoms with Crippen LogP contribution < -0.4 is 5.32 Å². The average Bonchev–Trinajstić information content (AvgIpc) is 2.87. The lowest BCUT2D eigenvalue weighted by Gasteiger charge is -2.21. The molecule has 2 aliphatic rings. The topological polar surface area (TPSA) is 15.3 Å². The highest BCUT2D eigenvalue weighted by molar-refractivity contribution is 5.47. The second kappa shape index (κ2) is 5.77. The molecule has 0 spiro atoms. The minimum Gasteiger partial charge on any atom is -0.308 e. The molecular weight excluding hydrogens is 280 g/mol. The molecule has 0 amide bonds. The van der Waals surface area contributed by atoms with Crippen molar-refractivity contribution in [3.8, 4) is 0 Å². The molecule has 1 aliphatic carbocycles. The van der Waals surface area contributed by atoms with Gasteiger partial charge >= 0.3 is 0 Å². The quantitative estimate of drug-likeness (QED) is 0.911. The smallest absolute Gasteiger partial charge is 0.0395 e. The van der Waals surface area contributed by atoms with Crippen molar-refractivity contribution >= 4 is 0 Å². The average molecular weight is 306 g/mol. The summed E-state index contributed by atoms with van der Waals surface area (Å²) in [5.41, 5.74) is 7.45. The maximum Gasteiger partial charge on any atom is 0.0395 e. The summed E-state index contributed by atoms with van der Waals surface area (Å²) in [5, 5.41) is 3.95. The molecule has 3 atom stereocenters. The van der Waals surface area contributed by atoms with E-state index in [2.05, 4.69) is 73.7 Å². The molecule has 1 saturated heterocycles. The second-order valence-corrected chi connectivity index (χ2v) is 7.52. The summed E-state index contributed by atoms with van der Waals surface area (Å²) in [5.74, 6) is 0.596. The normalized spacial score (nSPS) is 25.7. The van der Waals surface area contributed by atoms with E-state index < -0.39 is 0 Å². The van der Waals surface area contributed by atoms with Gasteiger partial charge in [0.15, 0.2) is 0 Å². The molecule has 1 heterocycles. The zero-order chi connectivity index (χ0) is 16.0. The molecule has 2 nitrogen and oxygen atoms in total. The summed E-state index contributed by atoms with van der Waals surface area (Å²) >= 11 is 0. The molecule has 0 saturated carbocycles. The lowest BCUT2D eigenvalue weighted by molar-refractivity contribution is 0.351. The molecule has 1 fully saturated rings. The van der Waals surface area contributed by atoms with Crippen molar-refractivity contribution < 1.29 is 0 Å². The highest BCUT2D eigenvalue weighted by Gasteiger charge is 2.39. The highest BCUT2D eigenvalue weighted by Crippen LogP contribution is 2.45. The van der Waals surface area contributed by atoms with Crippen molar-refractivity contribution in [1.82, 2.24) is 10.2 Å². The summed E-state index contributed by atoms with van der Waals surface area (Å²) in [4.78, 5) is 2.30. The third kappa shape index (κ3) is 2.71. The molecule has 1 N–H and O–H groups in total. The molecule has 23 heavy (non-hydrogen) atoms. The van der Waals surface area contributed by atoms with E-state index in [1.165, 1.54) is 28.7 Å². The second-order valence-electron chi connectivity index (χ2n) is 7.52. The van der Waals surface area contributed by atoms with E-state index in [0.29, 0.717) is 18.0 Å². The van der Waals surface area contributed by atoms with Crippen molar-refractivity contribution in [3.05, 3.63) is 70.3 Å². The minimum absolute atomic E-state index is 0.457. The van der Waals surface area contributed by atoms with E-state index in [4.69, 9.17) is 0 Å². The number of hydrogen-bond donors (Lipinski definition) is 1. The van der Waals surface area contributed by atoms with E-state index >= 15 is 0 Å². The van der Waals surface area contributed by atoms with Gasteiger partial charge in [0, 0.05) is 24.5 Å². The first kappa shape index (κ1) is 14.9. The SMILES string of the molecule is Cc1ccc2c(c1)[C@H]1N[C@@H](CN(C)C)C[C@@H]1c1ccccc1C2. The Bertz CT molecular complexity index is 720. The van der Waals surface area contributed by atoms with Crippen molar-refractivity contribution in [2.75, 3.05) is 20.6 Å². The minimum atomic E-state index is 0.457. The molecule has 2 heteroatoms. The first-order valence-electron chi connectivity index (χ1n) is 8.70. The van der Waals surface area contributed by atoms with E-state index in [1.54, 1.807) is 5.56 Å². The molecule has 2 aromatic carbocycles. The third-order valence-electron chi connectivity index (χ3n) is 5.41. The molecule has 4 rings (SSSR count). The fraction of sp³-hybridized carbons (Fsp3) is 0.429. The molecule has 0 unspecified atom stereocenters. The zero-order valence-electron chi connectivity index (χ0n) is 14.3. The van der Waals surface area contributed by atoms with Gasteiger partial charge in [0.05, 0.1) is 0 Å². The maximum absolute atomic E-state index is 3.95. The van der Waals surface area contributed by atoms with Crippen LogP contribution in [0.5, 0.6) is 0 Å². The number of nitrogens with zero attached hydrogens (tertiary/aromatic N) is 1. The van der Waals surface area contributed by atoms with Crippen molar-refractivity contribution in [2.24, 2.45) is 0 Å². The Morgan fingerprint density at radius 3 is 2.65 bits per heavy atom. The fourth-order valence-electron chi connectivity index (χ4n) is 4.49. The van der Waals surface area contributed by atoms with Crippen molar-refractivity contribution in [3.63, 3.8) is 0 Å². The first-order valence-corrected chi connectivity index (χ1v) is 8.70. The number of fused-ring (bicyclic) bond motifs is 5. The molecule has 2 aromatic rings. The van der Waals surface area contributed by atoms with Crippen LogP contribution in [0.15, 0.2) is 42.5 Å². The highest BCUT2D eigenvalue weighted by atomic mass is 15.1. The van der Waals surface area contributed by atoms with Gasteiger partial charge in [-0.15, -0.1) is 0 Å². The lowest BCUT2D eigenvalue weighted by atomic mass is 9.86. The number of benzene rings is 2. The van der Waals surface area contributed by atoms with Crippen LogP contribution in [0.1, 0.15) is 46.2 Å². The van der Waals surface area contributed by atoms with Gasteiger partial charge in [-0.25, -0.2) is 0 Å². The van der Waals surface area contributed by atoms with Crippen LogP contribution in [-0.4, -0.2) is 31.6 Å². The van der Waals surface area contributed by atoms with E-state index in [-0.39, 0.29) is 0 Å². The summed E-state index contributed by atoms with van der Waals surface area (Å²) < 4.78 is 0. The molecule has 1 aliphatic heterocycles. The van der Waals surface area contributed by atoms with E-state index in [1.807, 2.05) is 0 Å². The Balaban J connectivity index is 1.80. The summed E-state index contributed by atoms with van der Waals surface area (Å²) in [6, 6.07) is 17.1. The van der Waals surface area contributed by atoms with Gasteiger partial charge in [-0.3, -0.25) is 0 Å². The van der Waals surface area contributed by atoms with Crippen LogP contribution in [0.25, 0.3) is 0 Å². The Morgan fingerprint density at radius 1 is 1.04 bits per heavy atom. The standard InChI is InChI=1S/C21H26N2/c1-14-8-9-16-11-15-6-4-5-7-18(15)20-12-17(13-23(2)3)22-21(20)19(16)10-14/h4-10,17,20-22H,11-13H2,1-3H3/t17-,20-,21-/m1/s1. The number of hydrogen-bond acceptors (Lipinski definition) is 2. The summed E-state index contributed by atoms with van der Waals surface area (Å²) in [7, 11) is 4.34. The fourth-order valence-corrected chi connectivity index (χ4v) is 4.49. The number of nitrogens with one attached hydrogen (secondary N) is 1. The molecule has 0 radical (unpaired) electrons. The van der Waals surface area contributed by atoms with Crippen molar-refractivity contribution in [2.45, 2.75) is 37.8 Å². The van der Waals surface area contributed by atoms with Crippen LogP contribution in [0.2, 0.25) is 0 Å². The van der Waals surface area contributed by atoms with Gasteiger partial charge in [-0.05, 0) is 56.1 Å². The van der Waals surface area contributed by atoms with Crippen LogP contribution in [0.4, 0.5) is 0 Å². The number of likely N-dealkylation sites (N-methyl/N-ethyl adjacent to an activating group) is 1. The third-order valence-corrected chi connectivity index (χ3v) is 5.41. The van der Waals surface area contributed by atoms with Gasteiger partial charge in [-0.1, -0.05) is 48.0 Å². The van der Waals surface area contributed by atoms with Crippen LogP contribution in [0, 0.1) is 6.92 Å².